The van der Waals surface area contributed by atoms with Gasteiger partial charge in [-0.3, -0.25) is 9.69 Å². The first kappa shape index (κ1) is 19.3. The standard InChI is InChI=1S/C22H26N6O/c1-18(29)19-9-11-20(12-10-19)27-16-14-26(15-17-27)13-5-8-22-23-24-25-28(22)21-6-3-2-4-7-21/h2-4,6-7,9-12H,5,8,13-17H2,1H3. The van der Waals surface area contributed by atoms with E-state index < -0.39 is 0 Å². The molecule has 0 amide bonds. The minimum absolute atomic E-state index is 0.111. The molecule has 0 radical (unpaired) electrons. The summed E-state index contributed by atoms with van der Waals surface area (Å²) in [6.07, 6.45) is 1.88. The predicted octanol–water partition coefficient (Wildman–Crippen LogP) is 2.62. The third kappa shape index (κ3) is 4.68. The van der Waals surface area contributed by atoms with Crippen molar-refractivity contribution >= 4 is 11.5 Å². The Morgan fingerprint density at radius 1 is 0.931 bits per heavy atom. The minimum atomic E-state index is 0.111. The molecule has 0 bridgehead atoms. The number of piperazine rings is 1. The van der Waals surface area contributed by atoms with Crippen LogP contribution in [0.15, 0.2) is 54.6 Å². The molecule has 1 aliphatic rings. The quantitative estimate of drug-likeness (QED) is 0.578. The zero-order valence-electron chi connectivity index (χ0n) is 16.7. The summed E-state index contributed by atoms with van der Waals surface area (Å²) in [5.41, 5.74) is 2.96. The lowest BCUT2D eigenvalue weighted by Gasteiger charge is -2.36. The monoisotopic (exact) mass is 390 g/mol. The van der Waals surface area contributed by atoms with Crippen molar-refractivity contribution in [1.82, 2.24) is 25.1 Å². The van der Waals surface area contributed by atoms with Gasteiger partial charge < -0.3 is 4.90 Å². The van der Waals surface area contributed by atoms with Crippen LogP contribution in [-0.4, -0.2) is 63.6 Å². The van der Waals surface area contributed by atoms with Crippen LogP contribution in [0.3, 0.4) is 0 Å². The van der Waals surface area contributed by atoms with Gasteiger partial charge in [-0.05, 0) is 66.7 Å². The number of hydrogen-bond acceptors (Lipinski definition) is 6. The number of rotatable bonds is 7. The van der Waals surface area contributed by atoms with Gasteiger partial charge in [0, 0.05) is 43.9 Å². The van der Waals surface area contributed by atoms with Gasteiger partial charge in [0.1, 0.15) is 0 Å². The van der Waals surface area contributed by atoms with E-state index >= 15 is 0 Å². The number of carbonyl (C=O) groups excluding carboxylic acids is 1. The third-order valence-electron chi connectivity index (χ3n) is 5.42. The highest BCUT2D eigenvalue weighted by Gasteiger charge is 2.17. The van der Waals surface area contributed by atoms with E-state index in [2.05, 4.69) is 37.5 Å². The average Bonchev–Trinajstić information content (AvgIpc) is 3.23. The molecule has 1 aliphatic heterocycles. The van der Waals surface area contributed by atoms with Gasteiger partial charge in [0.15, 0.2) is 11.6 Å². The molecule has 0 unspecified atom stereocenters. The van der Waals surface area contributed by atoms with E-state index in [0.717, 1.165) is 62.6 Å². The summed E-state index contributed by atoms with van der Waals surface area (Å²) in [7, 11) is 0. The number of carbonyl (C=O) groups is 1. The molecule has 4 rings (SSSR count). The summed E-state index contributed by atoms with van der Waals surface area (Å²) in [5.74, 6) is 1.01. The molecule has 3 aromatic rings. The molecule has 0 atom stereocenters. The molecule has 7 nitrogen and oxygen atoms in total. The molecule has 1 fully saturated rings. The fourth-order valence-electron chi connectivity index (χ4n) is 3.73. The minimum Gasteiger partial charge on any atom is -0.369 e. The highest BCUT2D eigenvalue weighted by molar-refractivity contribution is 5.94. The van der Waals surface area contributed by atoms with E-state index in [1.54, 1.807) is 6.92 Å². The fraction of sp³-hybridized carbons (Fsp3) is 0.364. The predicted molar refractivity (Wildman–Crippen MR) is 113 cm³/mol. The Bertz CT molecular complexity index is 929. The number of ketones is 1. The first-order chi connectivity index (χ1) is 14.2. The second-order valence-electron chi connectivity index (χ2n) is 7.38. The summed E-state index contributed by atoms with van der Waals surface area (Å²) in [5, 5.41) is 12.2. The number of hydrogen-bond donors (Lipinski definition) is 0. The molecule has 0 saturated carbocycles. The lowest BCUT2D eigenvalue weighted by atomic mass is 10.1. The number of benzene rings is 2. The molecule has 1 saturated heterocycles. The van der Waals surface area contributed by atoms with E-state index in [4.69, 9.17) is 0 Å². The van der Waals surface area contributed by atoms with Crippen LogP contribution >= 0.6 is 0 Å². The molecule has 150 valence electrons. The first-order valence-corrected chi connectivity index (χ1v) is 10.1. The van der Waals surface area contributed by atoms with Gasteiger partial charge in [-0.15, -0.1) is 5.10 Å². The van der Waals surface area contributed by atoms with Crippen molar-refractivity contribution in [1.29, 1.82) is 0 Å². The van der Waals surface area contributed by atoms with Crippen LogP contribution in [-0.2, 0) is 6.42 Å². The molecule has 0 aliphatic carbocycles. The van der Waals surface area contributed by atoms with Crippen molar-refractivity contribution in [3.63, 3.8) is 0 Å². The lowest BCUT2D eigenvalue weighted by Crippen LogP contribution is -2.46. The van der Waals surface area contributed by atoms with Crippen molar-refractivity contribution in [2.45, 2.75) is 19.8 Å². The second-order valence-corrected chi connectivity index (χ2v) is 7.38. The molecule has 0 N–H and O–H groups in total. The van der Waals surface area contributed by atoms with Crippen LogP contribution in [0.4, 0.5) is 5.69 Å². The molecular weight excluding hydrogens is 364 g/mol. The van der Waals surface area contributed by atoms with E-state index in [1.807, 2.05) is 47.1 Å². The first-order valence-electron chi connectivity index (χ1n) is 10.1. The van der Waals surface area contributed by atoms with Crippen molar-refractivity contribution in [3.05, 3.63) is 66.0 Å². The van der Waals surface area contributed by atoms with Gasteiger partial charge in [-0.25, -0.2) is 0 Å². The van der Waals surface area contributed by atoms with Gasteiger partial charge in [-0.2, -0.15) is 4.68 Å². The van der Waals surface area contributed by atoms with Gasteiger partial charge in [0.25, 0.3) is 0 Å². The summed E-state index contributed by atoms with van der Waals surface area (Å²) in [6.45, 7) is 6.73. The smallest absolute Gasteiger partial charge is 0.159 e. The molecule has 29 heavy (non-hydrogen) atoms. The summed E-state index contributed by atoms with van der Waals surface area (Å²) < 4.78 is 1.82. The Labute approximate surface area is 170 Å². The number of Topliss-reactive ketones (excluding diaryl/α,β-unsaturated/α-hetero) is 1. The zero-order valence-corrected chi connectivity index (χ0v) is 16.7. The van der Waals surface area contributed by atoms with Crippen LogP contribution in [0.1, 0.15) is 29.5 Å². The van der Waals surface area contributed by atoms with Crippen molar-refractivity contribution in [2.75, 3.05) is 37.6 Å². The molecular formula is C22H26N6O. The second kappa shape index (κ2) is 8.96. The number of aromatic nitrogens is 4. The summed E-state index contributed by atoms with van der Waals surface area (Å²) in [4.78, 5) is 16.3. The van der Waals surface area contributed by atoms with Crippen molar-refractivity contribution < 1.29 is 4.79 Å². The number of tetrazole rings is 1. The zero-order chi connectivity index (χ0) is 20.1. The molecule has 7 heteroatoms. The number of anilines is 1. The number of para-hydroxylation sites is 1. The average molecular weight is 390 g/mol. The Hall–Kier alpha value is -3.06. The van der Waals surface area contributed by atoms with Crippen LogP contribution in [0.5, 0.6) is 0 Å². The van der Waals surface area contributed by atoms with E-state index in [9.17, 15) is 4.79 Å². The Kier molecular flexibility index (Phi) is 5.95. The van der Waals surface area contributed by atoms with E-state index in [0.29, 0.717) is 0 Å². The molecule has 2 heterocycles. The van der Waals surface area contributed by atoms with Crippen LogP contribution < -0.4 is 4.90 Å². The van der Waals surface area contributed by atoms with E-state index in [-0.39, 0.29) is 5.78 Å². The summed E-state index contributed by atoms with van der Waals surface area (Å²) >= 11 is 0. The fourth-order valence-corrected chi connectivity index (χ4v) is 3.73. The number of nitrogens with zero attached hydrogens (tertiary/aromatic N) is 6. The Balaban J connectivity index is 1.25. The summed E-state index contributed by atoms with van der Waals surface area (Å²) in [6, 6.07) is 17.9. The van der Waals surface area contributed by atoms with Gasteiger partial charge >= 0.3 is 0 Å². The molecule has 0 spiro atoms. The largest absolute Gasteiger partial charge is 0.369 e. The van der Waals surface area contributed by atoms with Gasteiger partial charge in [-0.1, -0.05) is 18.2 Å². The van der Waals surface area contributed by atoms with Crippen LogP contribution in [0.2, 0.25) is 0 Å². The topological polar surface area (TPSA) is 67.2 Å². The van der Waals surface area contributed by atoms with Crippen LogP contribution in [0, 0.1) is 0 Å². The SMILES string of the molecule is CC(=O)c1ccc(N2CCN(CCCc3nnnn3-c3ccccc3)CC2)cc1. The molecule has 2 aromatic carbocycles. The Morgan fingerprint density at radius 2 is 1.66 bits per heavy atom. The molecule has 1 aromatic heterocycles. The highest BCUT2D eigenvalue weighted by atomic mass is 16.1. The highest BCUT2D eigenvalue weighted by Crippen LogP contribution is 2.18. The lowest BCUT2D eigenvalue weighted by molar-refractivity contribution is 0.101. The Morgan fingerprint density at radius 3 is 2.34 bits per heavy atom. The van der Waals surface area contributed by atoms with Crippen molar-refractivity contribution in [2.24, 2.45) is 0 Å². The maximum atomic E-state index is 11.4. The number of aryl methyl sites for hydroxylation is 1. The van der Waals surface area contributed by atoms with E-state index in [1.165, 1.54) is 5.69 Å². The maximum absolute atomic E-state index is 11.4. The van der Waals surface area contributed by atoms with Crippen LogP contribution in [0.25, 0.3) is 5.69 Å². The normalized spacial score (nSPS) is 14.9. The van der Waals surface area contributed by atoms with Gasteiger partial charge in [0.2, 0.25) is 0 Å². The van der Waals surface area contributed by atoms with Crippen molar-refractivity contribution in [3.8, 4) is 5.69 Å². The third-order valence-corrected chi connectivity index (χ3v) is 5.42. The van der Waals surface area contributed by atoms with Gasteiger partial charge in [0.05, 0.1) is 5.69 Å². The maximum Gasteiger partial charge on any atom is 0.159 e.